The molecule has 0 aromatic rings. The summed E-state index contributed by atoms with van der Waals surface area (Å²) >= 11 is 0. The van der Waals surface area contributed by atoms with Gasteiger partial charge in [-0.25, -0.2) is 0 Å². The van der Waals surface area contributed by atoms with Gasteiger partial charge in [0.25, 0.3) is 0 Å². The third-order valence-corrected chi connectivity index (χ3v) is 4.59. The molecule has 0 unspecified atom stereocenters. The Bertz CT molecular complexity index is 500. The Labute approximate surface area is 106 Å². The molecule has 3 heterocycles. The van der Waals surface area contributed by atoms with Crippen LogP contribution >= 0.6 is 0 Å². The average Bonchev–Trinajstić information content (AvgIpc) is 2.56. The smallest absolute Gasteiger partial charge is 0.312 e. The predicted octanol–water partition coefficient (Wildman–Crippen LogP) is 0.848. The lowest BCUT2D eigenvalue weighted by atomic mass is 9.82. The van der Waals surface area contributed by atoms with E-state index in [0.717, 1.165) is 38.8 Å². The maximum absolute atomic E-state index is 12.2. The number of amides is 2. The molecule has 4 nitrogen and oxygen atoms in total. The van der Waals surface area contributed by atoms with Crippen molar-refractivity contribution < 1.29 is 9.59 Å². The Hall–Kier alpha value is -1.58. The fourth-order valence-corrected chi connectivity index (χ4v) is 3.83. The van der Waals surface area contributed by atoms with Crippen molar-refractivity contribution in [1.29, 1.82) is 0 Å². The molecule has 94 valence electrons. The Balaban J connectivity index is 1.87. The summed E-state index contributed by atoms with van der Waals surface area (Å²) in [6, 6.07) is 0.235. The van der Waals surface area contributed by atoms with Gasteiger partial charge in [-0.1, -0.05) is 12.2 Å². The van der Waals surface area contributed by atoms with E-state index in [9.17, 15) is 9.59 Å². The molecule has 0 aromatic carbocycles. The van der Waals surface area contributed by atoms with E-state index in [4.69, 9.17) is 0 Å². The molecule has 4 aliphatic rings. The monoisotopic (exact) mass is 244 g/mol. The maximum atomic E-state index is 12.2. The summed E-state index contributed by atoms with van der Waals surface area (Å²) in [6.07, 6.45) is 8.55. The van der Waals surface area contributed by atoms with Gasteiger partial charge >= 0.3 is 11.8 Å². The number of carbonyl (C=O) groups is 2. The van der Waals surface area contributed by atoms with Crippen molar-refractivity contribution >= 4 is 11.8 Å². The molecule has 18 heavy (non-hydrogen) atoms. The number of piperazine rings is 1. The lowest BCUT2D eigenvalue weighted by Gasteiger charge is -2.49. The van der Waals surface area contributed by atoms with E-state index in [2.05, 4.69) is 12.2 Å². The van der Waals surface area contributed by atoms with Gasteiger partial charge in [0, 0.05) is 13.1 Å². The third-order valence-electron chi connectivity index (χ3n) is 4.59. The highest BCUT2D eigenvalue weighted by atomic mass is 16.2. The van der Waals surface area contributed by atoms with Gasteiger partial charge in [-0.15, -0.1) is 0 Å². The Morgan fingerprint density at radius 3 is 2.61 bits per heavy atom. The molecule has 2 saturated heterocycles. The fourth-order valence-electron chi connectivity index (χ4n) is 3.83. The van der Waals surface area contributed by atoms with Crippen molar-refractivity contribution in [3.63, 3.8) is 0 Å². The first kappa shape index (κ1) is 10.4. The van der Waals surface area contributed by atoms with Crippen molar-refractivity contribution in [2.45, 2.75) is 37.8 Å². The zero-order chi connectivity index (χ0) is 12.3. The number of nitrogens with zero attached hydrogens (tertiary/aromatic N) is 2. The van der Waals surface area contributed by atoms with Gasteiger partial charge < -0.3 is 9.80 Å². The summed E-state index contributed by atoms with van der Waals surface area (Å²) < 4.78 is 0. The molecule has 2 fully saturated rings. The minimum atomic E-state index is -0.295. The standard InChI is InChI=1S/C14H16N2O2/c17-13-14(18)16-6-2-4-10-7-9-3-1-5-15(13)11(8-9)12(10)16/h7-8,11-12H,1-6H2/t11-,12+/m0/s1. The second kappa shape index (κ2) is 3.46. The van der Waals surface area contributed by atoms with Crippen molar-refractivity contribution in [3.8, 4) is 0 Å². The summed E-state index contributed by atoms with van der Waals surface area (Å²) in [5.74, 6) is -0.586. The van der Waals surface area contributed by atoms with Gasteiger partial charge in [-0.2, -0.15) is 0 Å². The van der Waals surface area contributed by atoms with Crippen LogP contribution in [-0.2, 0) is 9.59 Å². The molecular formula is C14H16N2O2. The molecule has 1 aliphatic carbocycles. The van der Waals surface area contributed by atoms with Crippen LogP contribution in [0.3, 0.4) is 0 Å². The van der Waals surface area contributed by atoms with Crippen LogP contribution in [0.25, 0.3) is 0 Å². The third kappa shape index (κ3) is 1.21. The zero-order valence-electron chi connectivity index (χ0n) is 10.3. The van der Waals surface area contributed by atoms with Crippen LogP contribution in [0, 0.1) is 0 Å². The number of hydrogen-bond acceptors (Lipinski definition) is 2. The van der Waals surface area contributed by atoms with Crippen LogP contribution in [0.5, 0.6) is 0 Å². The number of piperidine rings is 1. The van der Waals surface area contributed by atoms with Crippen molar-refractivity contribution in [3.05, 3.63) is 23.3 Å². The van der Waals surface area contributed by atoms with E-state index in [-0.39, 0.29) is 23.9 Å². The maximum Gasteiger partial charge on any atom is 0.312 e. The van der Waals surface area contributed by atoms with E-state index in [1.165, 1.54) is 11.1 Å². The van der Waals surface area contributed by atoms with Crippen molar-refractivity contribution in [2.75, 3.05) is 13.1 Å². The largest absolute Gasteiger partial charge is 0.326 e. The highest BCUT2D eigenvalue weighted by molar-refractivity contribution is 6.35. The van der Waals surface area contributed by atoms with Crippen molar-refractivity contribution in [1.82, 2.24) is 9.80 Å². The first-order valence-electron chi connectivity index (χ1n) is 6.78. The molecule has 0 aromatic heterocycles. The zero-order valence-corrected chi connectivity index (χ0v) is 10.3. The van der Waals surface area contributed by atoms with Crippen LogP contribution in [0.2, 0.25) is 0 Å². The number of allylic oxidation sites excluding steroid dienone is 2. The number of rotatable bonds is 0. The highest BCUT2D eigenvalue weighted by Crippen LogP contribution is 2.38. The molecule has 4 heteroatoms. The molecule has 4 rings (SSSR count). The number of hydrogen-bond donors (Lipinski definition) is 0. The minimum Gasteiger partial charge on any atom is -0.326 e. The van der Waals surface area contributed by atoms with Gasteiger partial charge in [0.2, 0.25) is 0 Å². The first-order valence-corrected chi connectivity index (χ1v) is 6.78. The predicted molar refractivity (Wildman–Crippen MR) is 65.6 cm³/mol. The lowest BCUT2D eigenvalue weighted by Crippen LogP contribution is -2.66. The normalized spacial score (nSPS) is 34.0. The molecule has 3 aliphatic heterocycles. The molecule has 2 amide bonds. The van der Waals surface area contributed by atoms with Gasteiger partial charge in [0.1, 0.15) is 0 Å². The Morgan fingerprint density at radius 2 is 1.72 bits per heavy atom. The van der Waals surface area contributed by atoms with Gasteiger partial charge in [-0.3, -0.25) is 9.59 Å². The summed E-state index contributed by atoms with van der Waals surface area (Å²) in [4.78, 5) is 28.0. The van der Waals surface area contributed by atoms with Crippen molar-refractivity contribution in [2.24, 2.45) is 0 Å². The summed E-state index contributed by atoms with van der Waals surface area (Å²) in [5, 5.41) is 0. The van der Waals surface area contributed by atoms with Crippen LogP contribution in [0.15, 0.2) is 23.3 Å². The lowest BCUT2D eigenvalue weighted by molar-refractivity contribution is -0.161. The fraction of sp³-hybridized carbons (Fsp3) is 0.571. The van der Waals surface area contributed by atoms with Crippen LogP contribution in [0.4, 0.5) is 0 Å². The van der Waals surface area contributed by atoms with E-state index < -0.39 is 0 Å². The molecule has 0 N–H and O–H groups in total. The van der Waals surface area contributed by atoms with Gasteiger partial charge in [0.15, 0.2) is 0 Å². The highest BCUT2D eigenvalue weighted by Gasteiger charge is 2.49. The van der Waals surface area contributed by atoms with Gasteiger partial charge in [0.05, 0.1) is 12.1 Å². The second-order valence-electron chi connectivity index (χ2n) is 5.60. The summed E-state index contributed by atoms with van der Waals surface area (Å²) in [6.45, 7) is 1.46. The van der Waals surface area contributed by atoms with E-state index in [0.29, 0.717) is 0 Å². The van der Waals surface area contributed by atoms with Crippen LogP contribution < -0.4 is 0 Å². The quantitative estimate of drug-likeness (QED) is 0.593. The summed E-state index contributed by atoms with van der Waals surface area (Å²) in [7, 11) is 0. The molecule has 2 bridgehead atoms. The minimum absolute atomic E-state index is 0.105. The molecule has 0 spiro atoms. The summed E-state index contributed by atoms with van der Waals surface area (Å²) in [5.41, 5.74) is 2.72. The Morgan fingerprint density at radius 1 is 1.00 bits per heavy atom. The molecular weight excluding hydrogens is 228 g/mol. The SMILES string of the molecule is O=C1C(=O)N2CCCC3=C[C@H]2[C@H]2C(=C3)CCCN12. The van der Waals surface area contributed by atoms with Crippen LogP contribution in [0.1, 0.15) is 25.7 Å². The van der Waals surface area contributed by atoms with Gasteiger partial charge in [-0.05, 0) is 36.8 Å². The topological polar surface area (TPSA) is 40.6 Å². The first-order chi connectivity index (χ1) is 8.75. The average molecular weight is 244 g/mol. The van der Waals surface area contributed by atoms with E-state index in [1.807, 2.05) is 0 Å². The van der Waals surface area contributed by atoms with E-state index in [1.54, 1.807) is 9.80 Å². The molecule has 0 radical (unpaired) electrons. The van der Waals surface area contributed by atoms with E-state index >= 15 is 0 Å². The second-order valence-corrected chi connectivity index (χ2v) is 5.60. The molecule has 2 atom stereocenters. The Kier molecular flexibility index (Phi) is 1.99. The number of carbonyl (C=O) groups excluding carboxylic acids is 2. The molecule has 0 saturated carbocycles. The van der Waals surface area contributed by atoms with Crippen LogP contribution in [-0.4, -0.2) is 46.8 Å².